The molecule has 2 rings (SSSR count). The lowest BCUT2D eigenvalue weighted by atomic mass is 10.1. The molecule has 0 aliphatic carbocycles. The topological polar surface area (TPSA) is 87.7 Å². The van der Waals surface area contributed by atoms with Gasteiger partial charge in [0.25, 0.3) is 5.91 Å². The number of benzene rings is 2. The number of alkyl halides is 3. The second-order valence-electron chi connectivity index (χ2n) is 7.34. The van der Waals surface area contributed by atoms with E-state index in [9.17, 15) is 32.3 Å². The van der Waals surface area contributed by atoms with Crippen LogP contribution in [0.4, 0.5) is 17.6 Å². The van der Waals surface area contributed by atoms with Crippen LogP contribution in [0.3, 0.4) is 0 Å². The molecule has 0 aromatic heterocycles. The van der Waals surface area contributed by atoms with Crippen LogP contribution in [0, 0.1) is 5.82 Å². The molecule has 11 heteroatoms. The van der Waals surface area contributed by atoms with Gasteiger partial charge in [0.15, 0.2) is 6.61 Å². The van der Waals surface area contributed by atoms with Crippen LogP contribution in [0.1, 0.15) is 17.5 Å². The number of carbonyl (C=O) groups is 2. The van der Waals surface area contributed by atoms with Crippen molar-refractivity contribution in [1.29, 1.82) is 0 Å². The molecule has 3 N–H and O–H groups in total. The molecule has 0 bridgehead atoms. The van der Waals surface area contributed by atoms with E-state index in [1.54, 1.807) is 0 Å². The van der Waals surface area contributed by atoms with Gasteiger partial charge in [-0.1, -0.05) is 35.9 Å². The van der Waals surface area contributed by atoms with E-state index in [0.717, 1.165) is 18.2 Å². The maximum atomic E-state index is 13.4. The molecule has 2 aromatic carbocycles. The third-order valence-corrected chi connectivity index (χ3v) is 4.88. The summed E-state index contributed by atoms with van der Waals surface area (Å²) in [6.07, 6.45) is -4.48. The number of aliphatic hydroxyl groups is 1. The van der Waals surface area contributed by atoms with E-state index in [0.29, 0.717) is 0 Å². The first-order valence-corrected chi connectivity index (χ1v) is 10.5. The molecule has 2 atom stereocenters. The van der Waals surface area contributed by atoms with E-state index in [-0.39, 0.29) is 35.7 Å². The predicted molar refractivity (Wildman–Crippen MR) is 118 cm³/mol. The Morgan fingerprint density at radius 1 is 1.18 bits per heavy atom. The highest BCUT2D eigenvalue weighted by Gasteiger charge is 2.30. The van der Waals surface area contributed by atoms with E-state index in [4.69, 9.17) is 16.3 Å². The van der Waals surface area contributed by atoms with Crippen molar-refractivity contribution in [2.24, 2.45) is 0 Å². The van der Waals surface area contributed by atoms with Crippen LogP contribution in [-0.2, 0) is 22.2 Å². The standard InChI is InChI=1S/C23H23ClF4N2O4/c1-2-16(30-22(33)13-34-18-6-7-19(24)20(25)11-18)10-17(31)12-29-21(32)9-14-4-3-5-15(8-14)23(26,27)28/h2-8,11,16-17,31H,1,9-10,12-13H2,(H,29,32)(H,30,33). The molecule has 0 heterocycles. The lowest BCUT2D eigenvalue weighted by Gasteiger charge is -2.19. The summed E-state index contributed by atoms with van der Waals surface area (Å²) < 4.78 is 56.9. The van der Waals surface area contributed by atoms with E-state index in [1.807, 2.05) is 0 Å². The number of hydrogen-bond donors (Lipinski definition) is 3. The molecular formula is C23H23ClF4N2O4. The summed E-state index contributed by atoms with van der Waals surface area (Å²) in [7, 11) is 0. The smallest absolute Gasteiger partial charge is 0.416 e. The van der Waals surface area contributed by atoms with Crippen LogP contribution >= 0.6 is 11.6 Å². The number of rotatable bonds is 11. The monoisotopic (exact) mass is 502 g/mol. The maximum Gasteiger partial charge on any atom is 0.416 e. The first-order valence-electron chi connectivity index (χ1n) is 10.1. The van der Waals surface area contributed by atoms with Crippen LogP contribution in [0.15, 0.2) is 55.1 Å². The molecule has 0 spiro atoms. The molecule has 0 fully saturated rings. The summed E-state index contributed by atoms with van der Waals surface area (Å²) in [5, 5.41) is 15.1. The number of carbonyl (C=O) groups excluding carboxylic acids is 2. The van der Waals surface area contributed by atoms with Crippen molar-refractivity contribution in [2.45, 2.75) is 31.2 Å². The van der Waals surface area contributed by atoms with Gasteiger partial charge >= 0.3 is 6.18 Å². The largest absolute Gasteiger partial charge is 0.484 e. The minimum Gasteiger partial charge on any atom is -0.484 e. The third-order valence-electron chi connectivity index (χ3n) is 4.57. The number of aliphatic hydroxyl groups excluding tert-OH is 1. The van der Waals surface area contributed by atoms with Gasteiger partial charge in [-0.15, -0.1) is 6.58 Å². The SMILES string of the molecule is C=CC(CC(O)CNC(=O)Cc1cccc(C(F)(F)F)c1)NC(=O)COc1ccc(Cl)c(F)c1. The molecule has 2 aromatic rings. The molecule has 0 radical (unpaired) electrons. The molecule has 0 aliphatic heterocycles. The van der Waals surface area contributed by atoms with Gasteiger partial charge in [0.05, 0.1) is 23.1 Å². The van der Waals surface area contributed by atoms with E-state index >= 15 is 0 Å². The maximum absolute atomic E-state index is 13.4. The third kappa shape index (κ3) is 9.03. The first kappa shape index (κ1) is 27.1. The fourth-order valence-corrected chi connectivity index (χ4v) is 3.01. The molecule has 0 saturated carbocycles. The lowest BCUT2D eigenvalue weighted by Crippen LogP contribution is -2.41. The highest BCUT2D eigenvalue weighted by atomic mass is 35.5. The Hall–Kier alpha value is -3.11. The van der Waals surface area contributed by atoms with Crippen LogP contribution in [0.25, 0.3) is 0 Å². The summed E-state index contributed by atoms with van der Waals surface area (Å²) in [5.74, 6) is -1.71. The Balaban J connectivity index is 1.76. The summed E-state index contributed by atoms with van der Waals surface area (Å²) >= 11 is 5.58. The van der Waals surface area contributed by atoms with Gasteiger partial charge in [-0.05, 0) is 30.2 Å². The van der Waals surface area contributed by atoms with Gasteiger partial charge in [-0.2, -0.15) is 13.2 Å². The van der Waals surface area contributed by atoms with Gasteiger partial charge < -0.3 is 20.5 Å². The van der Waals surface area contributed by atoms with E-state index < -0.39 is 48.1 Å². The van der Waals surface area contributed by atoms with Gasteiger partial charge in [0, 0.05) is 18.7 Å². The lowest BCUT2D eigenvalue weighted by molar-refractivity contribution is -0.137. The zero-order valence-electron chi connectivity index (χ0n) is 17.9. The van der Waals surface area contributed by atoms with Crippen LogP contribution in [0.2, 0.25) is 5.02 Å². The van der Waals surface area contributed by atoms with Gasteiger partial charge in [-0.3, -0.25) is 9.59 Å². The Bertz CT molecular complexity index is 1020. The number of ether oxygens (including phenoxy) is 1. The highest BCUT2D eigenvalue weighted by Crippen LogP contribution is 2.29. The molecule has 6 nitrogen and oxygen atoms in total. The van der Waals surface area contributed by atoms with E-state index in [2.05, 4.69) is 17.2 Å². The minimum atomic E-state index is -4.51. The number of amides is 2. The van der Waals surface area contributed by atoms with Crippen LogP contribution in [-0.4, -0.2) is 42.2 Å². The minimum absolute atomic E-state index is 0.00858. The average molecular weight is 503 g/mol. The fraction of sp³-hybridized carbons (Fsp3) is 0.304. The van der Waals surface area contributed by atoms with Crippen molar-refractivity contribution in [3.63, 3.8) is 0 Å². The normalized spacial score (nSPS) is 13.0. The van der Waals surface area contributed by atoms with Crippen molar-refractivity contribution < 1.29 is 37.0 Å². The second-order valence-corrected chi connectivity index (χ2v) is 7.75. The van der Waals surface area contributed by atoms with Crippen LogP contribution in [0.5, 0.6) is 5.75 Å². The molecule has 2 unspecified atom stereocenters. The average Bonchev–Trinajstić information content (AvgIpc) is 2.77. The van der Waals surface area contributed by atoms with E-state index in [1.165, 1.54) is 30.3 Å². The Morgan fingerprint density at radius 3 is 2.56 bits per heavy atom. The summed E-state index contributed by atoms with van der Waals surface area (Å²) in [5.41, 5.74) is -0.675. The first-order chi connectivity index (χ1) is 16.0. The van der Waals surface area contributed by atoms with Crippen molar-refractivity contribution in [2.75, 3.05) is 13.2 Å². The summed E-state index contributed by atoms with van der Waals surface area (Å²) in [6.45, 7) is 2.97. The predicted octanol–water partition coefficient (Wildman–Crippen LogP) is 3.66. The summed E-state index contributed by atoms with van der Waals surface area (Å²) in [4.78, 5) is 24.1. The second kappa shape index (κ2) is 12.4. The molecule has 2 amide bonds. The quantitative estimate of drug-likeness (QED) is 0.323. The van der Waals surface area contributed by atoms with Crippen LogP contribution < -0.4 is 15.4 Å². The molecule has 0 aliphatic rings. The Kier molecular flexibility index (Phi) is 9.88. The molecule has 34 heavy (non-hydrogen) atoms. The fourth-order valence-electron chi connectivity index (χ4n) is 2.89. The zero-order valence-corrected chi connectivity index (χ0v) is 18.6. The van der Waals surface area contributed by atoms with Crippen molar-refractivity contribution >= 4 is 23.4 Å². The van der Waals surface area contributed by atoms with Gasteiger partial charge in [0.1, 0.15) is 11.6 Å². The Labute approximate surface area is 198 Å². The van der Waals surface area contributed by atoms with Gasteiger partial charge in [0.2, 0.25) is 5.91 Å². The number of halogens is 5. The van der Waals surface area contributed by atoms with Crippen molar-refractivity contribution in [3.8, 4) is 5.75 Å². The Morgan fingerprint density at radius 2 is 1.91 bits per heavy atom. The highest BCUT2D eigenvalue weighted by molar-refractivity contribution is 6.30. The number of nitrogens with one attached hydrogen (secondary N) is 2. The molecule has 0 saturated heterocycles. The zero-order chi connectivity index (χ0) is 25.3. The van der Waals surface area contributed by atoms with Gasteiger partial charge in [-0.25, -0.2) is 4.39 Å². The molecular weight excluding hydrogens is 480 g/mol. The molecule has 184 valence electrons. The number of hydrogen-bond acceptors (Lipinski definition) is 4. The van der Waals surface area contributed by atoms with Crippen molar-refractivity contribution in [3.05, 3.63) is 77.1 Å². The summed E-state index contributed by atoms with van der Waals surface area (Å²) in [6, 6.07) is 7.47. The van der Waals surface area contributed by atoms with Crippen molar-refractivity contribution in [1.82, 2.24) is 10.6 Å².